The minimum Gasteiger partial charge on any atom is -0.384 e. The van der Waals surface area contributed by atoms with Crippen LogP contribution in [0, 0.1) is 46.3 Å². The summed E-state index contributed by atoms with van der Waals surface area (Å²) in [4.78, 5) is 15.8. The lowest BCUT2D eigenvalue weighted by Gasteiger charge is -2.61. The topological polar surface area (TPSA) is 29.5 Å². The number of benzene rings is 1. The van der Waals surface area contributed by atoms with E-state index in [1.165, 1.54) is 51.4 Å². The van der Waals surface area contributed by atoms with E-state index in [9.17, 15) is 4.79 Å². The number of hydrogen-bond acceptors (Lipinski definition) is 3. The predicted molar refractivity (Wildman–Crippen MR) is 147 cm³/mol. The van der Waals surface area contributed by atoms with Gasteiger partial charge in [-0.1, -0.05) is 34.1 Å². The predicted octanol–water partition coefficient (Wildman–Crippen LogP) is 7.88. The van der Waals surface area contributed by atoms with Crippen molar-refractivity contribution in [1.29, 1.82) is 0 Å². The Bertz CT molecular complexity index is 863. The van der Waals surface area contributed by atoms with Crippen LogP contribution < -0.4 is 4.90 Å². The maximum absolute atomic E-state index is 13.7. The minimum absolute atomic E-state index is 0.168. The van der Waals surface area contributed by atoms with Gasteiger partial charge in [0.15, 0.2) is 5.78 Å². The zero-order valence-electron chi connectivity index (χ0n) is 23.6. The van der Waals surface area contributed by atoms with Crippen LogP contribution in [0.5, 0.6) is 0 Å². The molecule has 0 amide bonds. The van der Waals surface area contributed by atoms with Crippen LogP contribution in [0.4, 0.5) is 5.69 Å². The number of fused-ring (bicyclic) bond motifs is 5. The third-order valence-electron chi connectivity index (χ3n) is 11.0. The summed E-state index contributed by atoms with van der Waals surface area (Å²) in [6, 6.07) is 8.31. The Morgan fingerprint density at radius 1 is 0.971 bits per heavy atom. The lowest BCUT2D eigenvalue weighted by molar-refractivity contribution is -0.148. The number of rotatable bonds is 5. The highest BCUT2D eigenvalue weighted by molar-refractivity contribution is 5.98. The van der Waals surface area contributed by atoms with Crippen molar-refractivity contribution in [3.63, 3.8) is 0 Å². The van der Waals surface area contributed by atoms with E-state index in [1.54, 1.807) is 0 Å². The van der Waals surface area contributed by atoms with E-state index in [1.807, 2.05) is 21.0 Å². The van der Waals surface area contributed by atoms with Crippen LogP contribution in [-0.4, -0.2) is 33.6 Å². The molecule has 8 unspecified atom stereocenters. The molecule has 0 bridgehead atoms. The number of ketones is 1. The molecular weight excluding hydrogens is 430 g/mol. The number of hydrogen-bond donors (Lipinski definition) is 0. The summed E-state index contributed by atoms with van der Waals surface area (Å²) in [5.74, 6) is 4.61. The van der Waals surface area contributed by atoms with Crippen LogP contribution in [0.2, 0.25) is 0 Å². The molecule has 4 saturated carbocycles. The van der Waals surface area contributed by atoms with Crippen molar-refractivity contribution in [2.45, 2.75) is 85.5 Å². The molecule has 5 rings (SSSR count). The Morgan fingerprint density at radius 2 is 1.69 bits per heavy atom. The van der Waals surface area contributed by atoms with Crippen LogP contribution in [-0.2, 0) is 4.74 Å². The molecule has 3 heteroatoms. The maximum atomic E-state index is 13.7. The van der Waals surface area contributed by atoms with Gasteiger partial charge in [0.25, 0.3) is 0 Å². The Labute approximate surface area is 215 Å². The maximum Gasteiger partial charge on any atom is 0.166 e. The highest BCUT2D eigenvalue weighted by atomic mass is 16.5. The first-order chi connectivity index (χ1) is 16.8. The van der Waals surface area contributed by atoms with Gasteiger partial charge in [0.2, 0.25) is 0 Å². The average molecular weight is 482 g/mol. The average Bonchev–Trinajstić information content (AvgIpc) is 3.22. The second-order valence-corrected chi connectivity index (χ2v) is 12.7. The molecule has 3 nitrogen and oxygen atoms in total. The van der Waals surface area contributed by atoms with Crippen molar-refractivity contribution in [3.05, 3.63) is 29.8 Å². The van der Waals surface area contributed by atoms with E-state index in [0.29, 0.717) is 17.1 Å². The van der Waals surface area contributed by atoms with Gasteiger partial charge >= 0.3 is 0 Å². The van der Waals surface area contributed by atoms with E-state index >= 15 is 0 Å². The molecule has 0 aromatic heterocycles. The van der Waals surface area contributed by atoms with E-state index in [2.05, 4.69) is 57.1 Å². The molecule has 0 aliphatic heterocycles. The van der Waals surface area contributed by atoms with E-state index < -0.39 is 0 Å². The van der Waals surface area contributed by atoms with Gasteiger partial charge in [0.05, 0.1) is 6.61 Å². The number of carbonyl (C=O) groups excluding carboxylic acids is 1. The Hall–Kier alpha value is -1.35. The second-order valence-electron chi connectivity index (χ2n) is 12.7. The Kier molecular flexibility index (Phi) is 8.06. The summed E-state index contributed by atoms with van der Waals surface area (Å²) >= 11 is 0. The summed E-state index contributed by atoms with van der Waals surface area (Å²) in [5.41, 5.74) is 2.64. The number of methoxy groups -OCH3 is 1. The molecule has 35 heavy (non-hydrogen) atoms. The van der Waals surface area contributed by atoms with Crippen LogP contribution in [0.15, 0.2) is 24.3 Å². The molecule has 1 aromatic rings. The molecule has 8 atom stereocenters. The summed E-state index contributed by atoms with van der Waals surface area (Å²) in [7, 11) is 6.03. The van der Waals surface area contributed by atoms with Gasteiger partial charge in [0, 0.05) is 38.4 Å². The second kappa shape index (κ2) is 10.6. The number of nitrogens with zero attached hydrogens (tertiary/aromatic N) is 1. The van der Waals surface area contributed by atoms with Gasteiger partial charge in [-0.15, -0.1) is 0 Å². The number of carbonyl (C=O) groups is 1. The first-order valence-corrected chi connectivity index (χ1v) is 14.6. The van der Waals surface area contributed by atoms with E-state index in [-0.39, 0.29) is 11.3 Å². The SMILES string of the molecule is CC.COCC12CCC(C)CC1CCC1C3CCC(C(=O)c4ccc(N(C)C)cc4)C3(C)CCC12. The fourth-order valence-corrected chi connectivity index (χ4v) is 9.37. The first-order valence-electron chi connectivity index (χ1n) is 14.6. The monoisotopic (exact) mass is 481 g/mol. The van der Waals surface area contributed by atoms with Crippen LogP contribution in [0.25, 0.3) is 0 Å². The van der Waals surface area contributed by atoms with Crippen molar-refractivity contribution in [2.24, 2.45) is 46.3 Å². The summed E-state index contributed by atoms with van der Waals surface area (Å²) < 4.78 is 5.95. The van der Waals surface area contributed by atoms with Crippen molar-refractivity contribution >= 4 is 11.5 Å². The third kappa shape index (κ3) is 4.49. The molecule has 0 radical (unpaired) electrons. The first kappa shape index (κ1) is 26.7. The van der Waals surface area contributed by atoms with Gasteiger partial charge in [-0.2, -0.15) is 0 Å². The molecule has 4 aliphatic rings. The van der Waals surface area contributed by atoms with E-state index in [0.717, 1.165) is 48.0 Å². The number of Topliss-reactive ketones (excluding diaryl/α,β-unsaturated/α-hetero) is 1. The Balaban J connectivity index is 0.00000141. The molecule has 0 heterocycles. The standard InChI is InChI=1S/C30H45NO2.C2H6/c1-20-14-17-30(19-33-5)22(18-20)8-11-24-25-12-13-27(29(25,2)16-15-26(24)30)28(32)21-6-9-23(10-7-21)31(3)4;1-2/h6-7,9-10,20,22,24-27H,8,11-19H2,1-5H3;1-2H3. The van der Waals surface area contributed by atoms with Gasteiger partial charge in [-0.25, -0.2) is 0 Å². The molecule has 0 saturated heterocycles. The van der Waals surface area contributed by atoms with Crippen LogP contribution in [0.3, 0.4) is 0 Å². The zero-order valence-corrected chi connectivity index (χ0v) is 23.6. The van der Waals surface area contributed by atoms with Crippen molar-refractivity contribution < 1.29 is 9.53 Å². The van der Waals surface area contributed by atoms with Crippen LogP contribution >= 0.6 is 0 Å². The lowest BCUT2D eigenvalue weighted by atomic mass is 9.43. The van der Waals surface area contributed by atoms with Crippen molar-refractivity contribution in [1.82, 2.24) is 0 Å². The normalized spacial score (nSPS) is 40.0. The zero-order chi connectivity index (χ0) is 25.4. The quantitative estimate of drug-likeness (QED) is 0.401. The molecule has 4 aliphatic carbocycles. The summed E-state index contributed by atoms with van der Waals surface area (Å²) in [6.07, 6.45) is 11.7. The fraction of sp³-hybridized carbons (Fsp3) is 0.781. The molecule has 196 valence electrons. The summed E-state index contributed by atoms with van der Waals surface area (Å²) in [5, 5.41) is 0. The van der Waals surface area contributed by atoms with Gasteiger partial charge < -0.3 is 9.64 Å². The number of anilines is 1. The molecular formula is C32H51NO2. The highest BCUT2D eigenvalue weighted by Crippen LogP contribution is 2.68. The fourth-order valence-electron chi connectivity index (χ4n) is 9.37. The van der Waals surface area contributed by atoms with Crippen molar-refractivity contribution in [3.8, 4) is 0 Å². The van der Waals surface area contributed by atoms with Gasteiger partial charge in [0.1, 0.15) is 0 Å². The Morgan fingerprint density at radius 3 is 2.34 bits per heavy atom. The smallest absolute Gasteiger partial charge is 0.166 e. The van der Waals surface area contributed by atoms with Crippen molar-refractivity contribution in [2.75, 3.05) is 32.7 Å². The largest absolute Gasteiger partial charge is 0.384 e. The number of ether oxygens (including phenoxy) is 1. The van der Waals surface area contributed by atoms with Crippen LogP contribution in [0.1, 0.15) is 95.8 Å². The molecule has 1 aromatic carbocycles. The molecule has 0 N–H and O–H groups in total. The molecule has 4 fully saturated rings. The lowest BCUT2D eigenvalue weighted by Crippen LogP contribution is -2.56. The summed E-state index contributed by atoms with van der Waals surface area (Å²) in [6.45, 7) is 9.89. The molecule has 0 spiro atoms. The van der Waals surface area contributed by atoms with Gasteiger partial charge in [-0.05, 0) is 116 Å². The van der Waals surface area contributed by atoms with Gasteiger partial charge in [-0.3, -0.25) is 4.79 Å². The minimum atomic E-state index is 0.168. The highest BCUT2D eigenvalue weighted by Gasteiger charge is 2.62. The third-order valence-corrected chi connectivity index (χ3v) is 11.0. The van der Waals surface area contributed by atoms with E-state index in [4.69, 9.17) is 4.74 Å².